The predicted molar refractivity (Wildman–Crippen MR) is 52.5 cm³/mol. The molecule has 2 heteroatoms. The smallest absolute Gasteiger partial charge is 0.317 e. The molecule has 0 radical (unpaired) electrons. The Hall–Kier alpha value is -1.57. The number of esters is 1. The normalized spacial score (nSPS) is 28.4. The maximum absolute atomic E-state index is 11.5. The summed E-state index contributed by atoms with van der Waals surface area (Å²) in [5, 5.41) is 0. The molecule has 70 valence electrons. The lowest BCUT2D eigenvalue weighted by Crippen LogP contribution is -2.28. The van der Waals surface area contributed by atoms with E-state index in [2.05, 4.69) is 18.2 Å². The SMILES string of the molecule is O=C1OCC2=C3C(=CC=CC13)CC=C2. The summed E-state index contributed by atoms with van der Waals surface area (Å²) in [6, 6.07) is 0. The van der Waals surface area contributed by atoms with Gasteiger partial charge in [0.25, 0.3) is 0 Å². The zero-order valence-electron chi connectivity index (χ0n) is 7.69. The summed E-state index contributed by atoms with van der Waals surface area (Å²) in [4.78, 5) is 11.5. The molecule has 14 heavy (non-hydrogen) atoms. The molecule has 0 saturated heterocycles. The molecule has 0 aromatic heterocycles. The van der Waals surface area contributed by atoms with E-state index in [4.69, 9.17) is 4.74 Å². The molecule has 2 aliphatic carbocycles. The van der Waals surface area contributed by atoms with Gasteiger partial charge in [-0.15, -0.1) is 0 Å². The maximum atomic E-state index is 11.5. The van der Waals surface area contributed by atoms with Gasteiger partial charge in [0.05, 0.1) is 0 Å². The van der Waals surface area contributed by atoms with E-state index in [0.29, 0.717) is 6.61 Å². The number of rotatable bonds is 0. The number of allylic oxidation sites excluding steroid dienone is 4. The van der Waals surface area contributed by atoms with Gasteiger partial charge in [0, 0.05) is 0 Å². The second-order valence-electron chi connectivity index (χ2n) is 3.71. The van der Waals surface area contributed by atoms with Crippen molar-refractivity contribution in [1.29, 1.82) is 0 Å². The van der Waals surface area contributed by atoms with Crippen LogP contribution >= 0.6 is 0 Å². The molecule has 0 saturated carbocycles. The lowest BCUT2D eigenvalue weighted by Gasteiger charge is -2.30. The lowest BCUT2D eigenvalue weighted by molar-refractivity contribution is -0.145. The van der Waals surface area contributed by atoms with E-state index in [0.717, 1.165) is 12.0 Å². The molecule has 1 atom stereocenters. The van der Waals surface area contributed by atoms with Crippen molar-refractivity contribution < 1.29 is 9.53 Å². The van der Waals surface area contributed by atoms with Crippen LogP contribution < -0.4 is 0 Å². The monoisotopic (exact) mass is 186 g/mol. The summed E-state index contributed by atoms with van der Waals surface area (Å²) >= 11 is 0. The van der Waals surface area contributed by atoms with E-state index in [1.54, 1.807) is 0 Å². The summed E-state index contributed by atoms with van der Waals surface area (Å²) in [7, 11) is 0. The molecular weight excluding hydrogens is 176 g/mol. The Bertz CT molecular complexity index is 422. The van der Waals surface area contributed by atoms with Crippen molar-refractivity contribution in [2.24, 2.45) is 5.92 Å². The van der Waals surface area contributed by atoms with Gasteiger partial charge < -0.3 is 4.74 Å². The third-order valence-corrected chi connectivity index (χ3v) is 2.88. The van der Waals surface area contributed by atoms with Crippen molar-refractivity contribution >= 4 is 5.97 Å². The number of hydrogen-bond donors (Lipinski definition) is 0. The first kappa shape index (κ1) is 7.80. The largest absolute Gasteiger partial charge is 0.460 e. The predicted octanol–water partition coefficient (Wildman–Crippen LogP) is 1.91. The third kappa shape index (κ3) is 0.939. The first-order valence-corrected chi connectivity index (χ1v) is 4.80. The Labute approximate surface area is 82.3 Å². The molecule has 0 aromatic carbocycles. The minimum absolute atomic E-state index is 0.110. The van der Waals surface area contributed by atoms with Crippen LogP contribution in [0.15, 0.2) is 47.1 Å². The van der Waals surface area contributed by atoms with E-state index in [-0.39, 0.29) is 11.9 Å². The number of carbonyl (C=O) groups excluding carboxylic acids is 1. The lowest BCUT2D eigenvalue weighted by atomic mass is 9.79. The first-order chi connectivity index (χ1) is 6.86. The highest BCUT2D eigenvalue weighted by Crippen LogP contribution is 2.37. The Morgan fingerprint density at radius 1 is 1.43 bits per heavy atom. The highest BCUT2D eigenvalue weighted by atomic mass is 16.5. The van der Waals surface area contributed by atoms with E-state index in [1.165, 1.54) is 11.1 Å². The van der Waals surface area contributed by atoms with Crippen molar-refractivity contribution in [3.05, 3.63) is 47.1 Å². The van der Waals surface area contributed by atoms with Gasteiger partial charge in [-0.2, -0.15) is 0 Å². The second-order valence-corrected chi connectivity index (χ2v) is 3.71. The Morgan fingerprint density at radius 3 is 3.29 bits per heavy atom. The summed E-state index contributed by atoms with van der Waals surface area (Å²) < 4.78 is 5.11. The van der Waals surface area contributed by atoms with Crippen molar-refractivity contribution in [1.82, 2.24) is 0 Å². The highest BCUT2D eigenvalue weighted by molar-refractivity contribution is 5.83. The third-order valence-electron chi connectivity index (χ3n) is 2.88. The summed E-state index contributed by atoms with van der Waals surface area (Å²) in [6.07, 6.45) is 11.1. The molecule has 0 fully saturated rings. The Kier molecular flexibility index (Phi) is 1.51. The molecule has 2 nitrogen and oxygen atoms in total. The number of ether oxygens (including phenoxy) is 1. The highest BCUT2D eigenvalue weighted by Gasteiger charge is 2.32. The van der Waals surface area contributed by atoms with Crippen LogP contribution in [0, 0.1) is 5.92 Å². The molecule has 0 spiro atoms. The van der Waals surface area contributed by atoms with Gasteiger partial charge in [-0.25, -0.2) is 0 Å². The van der Waals surface area contributed by atoms with Crippen LogP contribution in [0.3, 0.4) is 0 Å². The standard InChI is InChI=1S/C12H10O2/c13-12-10-6-2-4-8-3-1-5-9(7-14-12)11(8)10/h1-2,4-6,10H,3,7H2. The van der Waals surface area contributed by atoms with Gasteiger partial charge in [0.1, 0.15) is 12.5 Å². The molecule has 1 heterocycles. The fraction of sp³-hybridized carbons (Fsp3) is 0.250. The number of hydrogen-bond acceptors (Lipinski definition) is 2. The molecule has 3 aliphatic rings. The quantitative estimate of drug-likeness (QED) is 0.540. The van der Waals surface area contributed by atoms with Crippen LogP contribution in [0.4, 0.5) is 0 Å². The molecule has 3 rings (SSSR count). The molecule has 0 amide bonds. The number of cyclic esters (lactones) is 1. The summed E-state index contributed by atoms with van der Waals surface area (Å²) in [6.45, 7) is 0.437. The van der Waals surface area contributed by atoms with Crippen LogP contribution in [-0.4, -0.2) is 12.6 Å². The van der Waals surface area contributed by atoms with Gasteiger partial charge in [-0.1, -0.05) is 30.4 Å². The Balaban J connectivity index is 2.19. The van der Waals surface area contributed by atoms with E-state index >= 15 is 0 Å². The van der Waals surface area contributed by atoms with E-state index < -0.39 is 0 Å². The van der Waals surface area contributed by atoms with Crippen molar-refractivity contribution in [3.8, 4) is 0 Å². The molecular formula is C12H10O2. The fourth-order valence-corrected chi connectivity index (χ4v) is 2.23. The van der Waals surface area contributed by atoms with E-state index in [9.17, 15) is 4.79 Å². The molecule has 0 aromatic rings. The van der Waals surface area contributed by atoms with Crippen molar-refractivity contribution in [2.45, 2.75) is 6.42 Å². The van der Waals surface area contributed by atoms with Gasteiger partial charge in [-0.3, -0.25) is 4.79 Å². The second kappa shape index (κ2) is 2.71. The van der Waals surface area contributed by atoms with Crippen molar-refractivity contribution in [3.63, 3.8) is 0 Å². The topological polar surface area (TPSA) is 26.3 Å². The van der Waals surface area contributed by atoms with Gasteiger partial charge in [-0.05, 0) is 23.1 Å². The van der Waals surface area contributed by atoms with Gasteiger partial charge >= 0.3 is 5.97 Å². The van der Waals surface area contributed by atoms with Gasteiger partial charge in [0.2, 0.25) is 0 Å². The summed E-state index contributed by atoms with van der Waals surface area (Å²) in [5.74, 6) is -0.260. The van der Waals surface area contributed by atoms with Crippen molar-refractivity contribution in [2.75, 3.05) is 6.61 Å². The average molecular weight is 186 g/mol. The zero-order chi connectivity index (χ0) is 9.54. The molecule has 0 bridgehead atoms. The molecule has 1 aliphatic heterocycles. The molecule has 1 unspecified atom stereocenters. The minimum Gasteiger partial charge on any atom is -0.460 e. The average Bonchev–Trinajstić information content (AvgIpc) is 2.24. The first-order valence-electron chi connectivity index (χ1n) is 4.80. The fourth-order valence-electron chi connectivity index (χ4n) is 2.23. The zero-order valence-corrected chi connectivity index (χ0v) is 7.69. The number of carbonyl (C=O) groups is 1. The van der Waals surface area contributed by atoms with Crippen LogP contribution in [0.1, 0.15) is 6.42 Å². The van der Waals surface area contributed by atoms with E-state index in [1.807, 2.05) is 12.2 Å². The van der Waals surface area contributed by atoms with Crippen LogP contribution in [0.25, 0.3) is 0 Å². The summed E-state index contributed by atoms with van der Waals surface area (Å²) in [5.41, 5.74) is 3.62. The maximum Gasteiger partial charge on any atom is 0.317 e. The molecule has 0 N–H and O–H groups in total. The van der Waals surface area contributed by atoms with Crippen LogP contribution in [-0.2, 0) is 9.53 Å². The van der Waals surface area contributed by atoms with Crippen LogP contribution in [0.2, 0.25) is 0 Å². The Morgan fingerprint density at radius 2 is 2.36 bits per heavy atom. The minimum atomic E-state index is -0.149. The van der Waals surface area contributed by atoms with Gasteiger partial charge in [0.15, 0.2) is 0 Å². The van der Waals surface area contributed by atoms with Crippen LogP contribution in [0.5, 0.6) is 0 Å².